The van der Waals surface area contributed by atoms with Crippen molar-refractivity contribution < 1.29 is 4.39 Å². The average Bonchev–Trinajstić information content (AvgIpc) is 2.71. The van der Waals surface area contributed by atoms with E-state index in [1.165, 1.54) is 108 Å². The molecule has 1 aromatic rings. The Kier molecular flexibility index (Phi) is 17.4. The van der Waals surface area contributed by atoms with E-state index in [-0.39, 0.29) is 5.82 Å². The van der Waals surface area contributed by atoms with Crippen LogP contribution in [-0.2, 0) is 6.42 Å². The smallest absolute Gasteiger partial charge is 0.123 e. The van der Waals surface area contributed by atoms with Gasteiger partial charge in [0, 0.05) is 0 Å². The lowest BCUT2D eigenvalue weighted by Gasteiger charge is -2.06. The molecule has 0 spiro atoms. The lowest BCUT2D eigenvalue weighted by atomic mass is 10.0. The quantitative estimate of drug-likeness (QED) is 0.221. The third-order valence-electron chi connectivity index (χ3n) is 5.69. The van der Waals surface area contributed by atoms with Crippen LogP contribution in [0, 0.1) is 5.82 Å². The molecule has 0 amide bonds. The van der Waals surface area contributed by atoms with E-state index >= 15 is 0 Å². The second-order valence-electron chi connectivity index (χ2n) is 8.43. The fourth-order valence-corrected chi connectivity index (χ4v) is 3.80. The van der Waals surface area contributed by atoms with Crippen LogP contribution in [0.4, 0.5) is 4.39 Å². The number of unbranched alkanes of at least 4 members (excludes halogenated alkanes) is 14. The van der Waals surface area contributed by atoms with Gasteiger partial charge < -0.3 is 5.32 Å². The SMILES string of the molecule is CCCCCCCCCCCCCCCCNCCCCc1ccc(F)cc1. The second kappa shape index (κ2) is 19.4. The third-order valence-corrected chi connectivity index (χ3v) is 5.69. The number of nitrogens with one attached hydrogen (secondary N) is 1. The lowest BCUT2D eigenvalue weighted by molar-refractivity contribution is 0.527. The molecular weight excluding hydrogens is 345 g/mol. The molecule has 28 heavy (non-hydrogen) atoms. The molecule has 0 saturated carbocycles. The number of rotatable bonds is 20. The number of hydrogen-bond donors (Lipinski definition) is 1. The van der Waals surface area contributed by atoms with E-state index in [9.17, 15) is 4.39 Å². The minimum absolute atomic E-state index is 0.140. The molecule has 1 N–H and O–H groups in total. The zero-order valence-electron chi connectivity index (χ0n) is 18.6. The molecule has 0 aliphatic carbocycles. The predicted molar refractivity (Wildman–Crippen MR) is 123 cm³/mol. The van der Waals surface area contributed by atoms with Crippen molar-refractivity contribution in [1.29, 1.82) is 0 Å². The van der Waals surface area contributed by atoms with Crippen molar-refractivity contribution in [3.8, 4) is 0 Å². The Morgan fingerprint density at radius 2 is 1.00 bits per heavy atom. The molecule has 0 radical (unpaired) electrons. The van der Waals surface area contributed by atoms with Gasteiger partial charge in [-0.15, -0.1) is 0 Å². The molecular formula is C26H46FN. The van der Waals surface area contributed by atoms with Gasteiger partial charge in [0.25, 0.3) is 0 Å². The summed E-state index contributed by atoms with van der Waals surface area (Å²) in [5, 5.41) is 3.56. The molecule has 0 bridgehead atoms. The molecule has 162 valence electrons. The molecule has 1 rings (SSSR count). The predicted octanol–water partition coefficient (Wildman–Crippen LogP) is 8.22. The van der Waals surface area contributed by atoms with Crippen molar-refractivity contribution in [2.45, 2.75) is 116 Å². The Hall–Kier alpha value is -0.890. The minimum Gasteiger partial charge on any atom is -0.317 e. The Morgan fingerprint density at radius 3 is 1.50 bits per heavy atom. The van der Waals surface area contributed by atoms with Gasteiger partial charge in [0.15, 0.2) is 0 Å². The highest BCUT2D eigenvalue weighted by Gasteiger charge is 1.96. The molecule has 0 aliphatic heterocycles. The minimum atomic E-state index is -0.140. The number of halogens is 1. The highest BCUT2D eigenvalue weighted by atomic mass is 19.1. The van der Waals surface area contributed by atoms with Crippen LogP contribution in [0.25, 0.3) is 0 Å². The van der Waals surface area contributed by atoms with Crippen molar-refractivity contribution in [2.24, 2.45) is 0 Å². The first-order valence-corrected chi connectivity index (χ1v) is 12.3. The van der Waals surface area contributed by atoms with E-state index in [4.69, 9.17) is 0 Å². The summed E-state index contributed by atoms with van der Waals surface area (Å²) in [5.74, 6) is -0.140. The summed E-state index contributed by atoms with van der Waals surface area (Å²) in [6.45, 7) is 4.56. The van der Waals surface area contributed by atoms with Gasteiger partial charge in [-0.1, -0.05) is 103 Å². The highest BCUT2D eigenvalue weighted by Crippen LogP contribution is 2.13. The fourth-order valence-electron chi connectivity index (χ4n) is 3.80. The van der Waals surface area contributed by atoms with Crippen LogP contribution in [0.1, 0.15) is 115 Å². The van der Waals surface area contributed by atoms with Crippen molar-refractivity contribution in [2.75, 3.05) is 13.1 Å². The van der Waals surface area contributed by atoms with Gasteiger partial charge in [-0.25, -0.2) is 4.39 Å². The summed E-state index contributed by atoms with van der Waals surface area (Å²) in [7, 11) is 0. The van der Waals surface area contributed by atoms with Gasteiger partial charge in [0.2, 0.25) is 0 Å². The first-order valence-electron chi connectivity index (χ1n) is 12.3. The van der Waals surface area contributed by atoms with Gasteiger partial charge in [0.1, 0.15) is 5.82 Å². The summed E-state index contributed by atoms with van der Waals surface area (Å²) in [6, 6.07) is 6.92. The van der Waals surface area contributed by atoms with Gasteiger partial charge in [-0.3, -0.25) is 0 Å². The summed E-state index contributed by atoms with van der Waals surface area (Å²) in [5.41, 5.74) is 1.24. The fraction of sp³-hybridized carbons (Fsp3) is 0.769. The van der Waals surface area contributed by atoms with Crippen LogP contribution in [-0.4, -0.2) is 13.1 Å². The largest absolute Gasteiger partial charge is 0.317 e. The van der Waals surface area contributed by atoms with E-state index in [0.29, 0.717) is 0 Å². The second-order valence-corrected chi connectivity index (χ2v) is 8.43. The summed E-state index contributed by atoms with van der Waals surface area (Å²) in [6.07, 6.45) is 23.3. The van der Waals surface area contributed by atoms with Gasteiger partial charge in [-0.05, 0) is 56.5 Å². The number of benzene rings is 1. The van der Waals surface area contributed by atoms with Crippen LogP contribution < -0.4 is 5.32 Å². The van der Waals surface area contributed by atoms with Crippen LogP contribution >= 0.6 is 0 Å². The Balaban J connectivity index is 1.70. The monoisotopic (exact) mass is 391 g/mol. The lowest BCUT2D eigenvalue weighted by Crippen LogP contribution is -2.16. The topological polar surface area (TPSA) is 12.0 Å². The van der Waals surface area contributed by atoms with E-state index < -0.39 is 0 Å². The maximum Gasteiger partial charge on any atom is 0.123 e. The zero-order chi connectivity index (χ0) is 20.1. The maximum atomic E-state index is 12.8. The summed E-state index contributed by atoms with van der Waals surface area (Å²) < 4.78 is 12.8. The first kappa shape index (κ1) is 25.1. The van der Waals surface area contributed by atoms with Crippen molar-refractivity contribution in [3.63, 3.8) is 0 Å². The molecule has 0 atom stereocenters. The normalized spacial score (nSPS) is 11.2. The van der Waals surface area contributed by atoms with Gasteiger partial charge >= 0.3 is 0 Å². The Morgan fingerprint density at radius 1 is 0.571 bits per heavy atom. The zero-order valence-corrected chi connectivity index (χ0v) is 18.6. The van der Waals surface area contributed by atoms with Crippen LogP contribution in [0.5, 0.6) is 0 Å². The molecule has 0 fully saturated rings. The average molecular weight is 392 g/mol. The van der Waals surface area contributed by atoms with E-state index in [2.05, 4.69) is 12.2 Å². The molecule has 0 aromatic heterocycles. The third kappa shape index (κ3) is 16.1. The summed E-state index contributed by atoms with van der Waals surface area (Å²) >= 11 is 0. The van der Waals surface area contributed by atoms with E-state index in [1.54, 1.807) is 12.1 Å². The molecule has 0 aliphatic rings. The standard InChI is InChI=1S/C26H46FN/c1-2-3-4-5-6-7-8-9-10-11-12-13-14-16-23-28-24-17-15-18-25-19-21-26(27)22-20-25/h19-22,28H,2-18,23-24H2,1H3. The van der Waals surface area contributed by atoms with E-state index in [0.717, 1.165) is 19.5 Å². The van der Waals surface area contributed by atoms with Gasteiger partial charge in [0.05, 0.1) is 0 Å². The van der Waals surface area contributed by atoms with Crippen LogP contribution in [0.15, 0.2) is 24.3 Å². The van der Waals surface area contributed by atoms with Crippen LogP contribution in [0.3, 0.4) is 0 Å². The Labute approximate surface area is 174 Å². The number of aryl methyl sites for hydroxylation is 1. The highest BCUT2D eigenvalue weighted by molar-refractivity contribution is 5.15. The van der Waals surface area contributed by atoms with Crippen molar-refractivity contribution in [1.82, 2.24) is 5.32 Å². The van der Waals surface area contributed by atoms with Crippen molar-refractivity contribution >= 4 is 0 Å². The maximum absolute atomic E-state index is 12.8. The number of hydrogen-bond acceptors (Lipinski definition) is 1. The van der Waals surface area contributed by atoms with Crippen molar-refractivity contribution in [3.05, 3.63) is 35.6 Å². The van der Waals surface area contributed by atoms with Gasteiger partial charge in [-0.2, -0.15) is 0 Å². The molecule has 2 heteroatoms. The Bertz CT molecular complexity index is 429. The summed E-state index contributed by atoms with van der Waals surface area (Å²) in [4.78, 5) is 0. The molecule has 0 heterocycles. The molecule has 1 aromatic carbocycles. The van der Waals surface area contributed by atoms with Crippen LogP contribution in [0.2, 0.25) is 0 Å². The molecule has 0 unspecified atom stereocenters. The molecule has 1 nitrogen and oxygen atoms in total. The molecule has 0 saturated heterocycles. The first-order chi connectivity index (χ1) is 13.8. The van der Waals surface area contributed by atoms with E-state index in [1.807, 2.05) is 12.1 Å².